The monoisotopic (exact) mass is 397 g/mol. The van der Waals surface area contributed by atoms with Crippen LogP contribution in [0.15, 0.2) is 35.1 Å². The highest BCUT2D eigenvalue weighted by Crippen LogP contribution is 2.28. The molecule has 1 aromatic heterocycles. The van der Waals surface area contributed by atoms with Crippen LogP contribution in [-0.4, -0.2) is 23.4 Å². The molecule has 1 unspecified atom stereocenters. The van der Waals surface area contributed by atoms with Gasteiger partial charge in [0.1, 0.15) is 11.3 Å². The summed E-state index contributed by atoms with van der Waals surface area (Å²) in [4.78, 5) is 38.9. The first-order valence-electron chi connectivity index (χ1n) is 9.94. The summed E-state index contributed by atoms with van der Waals surface area (Å²) in [5, 5.41) is 3.00. The molecule has 1 aromatic carbocycles. The van der Waals surface area contributed by atoms with Crippen LogP contribution >= 0.6 is 0 Å². The normalized spacial score (nSPS) is 15.6. The van der Waals surface area contributed by atoms with Crippen LogP contribution in [0.4, 0.5) is 0 Å². The molecular weight excluding hydrogens is 370 g/mol. The molecule has 7 nitrogen and oxygen atoms in total. The fourth-order valence-corrected chi connectivity index (χ4v) is 3.43. The Labute approximate surface area is 169 Å². The maximum atomic E-state index is 12.7. The zero-order valence-electron chi connectivity index (χ0n) is 16.8. The van der Waals surface area contributed by atoms with E-state index in [1.165, 1.54) is 6.07 Å². The molecule has 29 heavy (non-hydrogen) atoms. The Balaban J connectivity index is 1.71. The number of fused-ring (bicyclic) bond motifs is 1. The first-order valence-corrected chi connectivity index (χ1v) is 9.94. The second-order valence-corrected chi connectivity index (χ2v) is 7.78. The number of aromatic amines is 1. The van der Waals surface area contributed by atoms with Crippen LogP contribution in [0.2, 0.25) is 0 Å². The predicted octanol–water partition coefficient (Wildman–Crippen LogP) is 2.71. The van der Waals surface area contributed by atoms with Gasteiger partial charge in [0.15, 0.2) is 0 Å². The van der Waals surface area contributed by atoms with E-state index in [2.05, 4.69) is 24.1 Å². The Morgan fingerprint density at radius 1 is 1.28 bits per heavy atom. The number of pyridine rings is 1. The molecule has 1 heterocycles. The van der Waals surface area contributed by atoms with Gasteiger partial charge >= 0.3 is 0 Å². The summed E-state index contributed by atoms with van der Waals surface area (Å²) in [6.45, 7) is 4.92. The number of carbonyl (C=O) groups is 2. The van der Waals surface area contributed by atoms with Gasteiger partial charge in [-0.15, -0.1) is 0 Å². The van der Waals surface area contributed by atoms with Gasteiger partial charge in [-0.05, 0) is 67.5 Å². The van der Waals surface area contributed by atoms with Crippen LogP contribution in [0, 0.1) is 5.92 Å². The molecule has 0 bridgehead atoms. The van der Waals surface area contributed by atoms with E-state index >= 15 is 0 Å². The van der Waals surface area contributed by atoms with Crippen molar-refractivity contribution in [2.45, 2.75) is 45.6 Å². The molecule has 2 aromatic rings. The van der Waals surface area contributed by atoms with Crippen molar-refractivity contribution >= 4 is 11.8 Å². The maximum absolute atomic E-state index is 12.7. The molecule has 1 atom stereocenters. The van der Waals surface area contributed by atoms with Crippen LogP contribution < -0.4 is 21.3 Å². The smallest absolute Gasteiger partial charge is 0.261 e. The van der Waals surface area contributed by atoms with Crippen LogP contribution in [0.3, 0.4) is 0 Å². The molecule has 0 fully saturated rings. The Hall–Kier alpha value is -3.09. The number of nitrogens with one attached hydrogen (secondary N) is 2. The first kappa shape index (κ1) is 20.6. The predicted molar refractivity (Wildman–Crippen MR) is 110 cm³/mol. The largest absolute Gasteiger partial charge is 0.494 e. The molecule has 154 valence electrons. The van der Waals surface area contributed by atoms with E-state index in [1.54, 1.807) is 24.3 Å². The highest BCUT2D eigenvalue weighted by molar-refractivity contribution is 5.95. The number of ether oxygens (including phenoxy) is 1. The highest BCUT2D eigenvalue weighted by Gasteiger charge is 2.25. The Kier molecular flexibility index (Phi) is 6.36. The zero-order valence-corrected chi connectivity index (χ0v) is 16.8. The van der Waals surface area contributed by atoms with Gasteiger partial charge in [0.25, 0.3) is 17.4 Å². The van der Waals surface area contributed by atoms with E-state index in [4.69, 9.17) is 10.5 Å². The average molecular weight is 397 g/mol. The molecule has 1 aliphatic rings. The number of H-pyrrole nitrogens is 1. The highest BCUT2D eigenvalue weighted by atomic mass is 16.5. The van der Waals surface area contributed by atoms with Gasteiger partial charge in [0.2, 0.25) is 0 Å². The lowest BCUT2D eigenvalue weighted by molar-refractivity contribution is 0.0932. The van der Waals surface area contributed by atoms with Crippen LogP contribution in [-0.2, 0) is 6.42 Å². The minimum atomic E-state index is -0.780. The van der Waals surface area contributed by atoms with Crippen molar-refractivity contribution in [2.24, 2.45) is 11.7 Å². The van der Waals surface area contributed by atoms with Crippen LogP contribution in [0.1, 0.15) is 71.1 Å². The molecule has 1 aliphatic carbocycles. The van der Waals surface area contributed by atoms with Crippen LogP contribution in [0.25, 0.3) is 0 Å². The summed E-state index contributed by atoms with van der Waals surface area (Å²) in [6, 6.07) is 8.24. The number of aromatic nitrogens is 1. The van der Waals surface area contributed by atoms with Crippen molar-refractivity contribution in [3.63, 3.8) is 0 Å². The lowest BCUT2D eigenvalue weighted by atomic mass is 9.90. The third-order valence-electron chi connectivity index (χ3n) is 5.10. The van der Waals surface area contributed by atoms with Gasteiger partial charge in [0.05, 0.1) is 12.6 Å². The van der Waals surface area contributed by atoms with E-state index in [0.29, 0.717) is 24.5 Å². The molecule has 0 aliphatic heterocycles. The third kappa shape index (κ3) is 5.04. The second-order valence-electron chi connectivity index (χ2n) is 7.78. The second kappa shape index (κ2) is 8.94. The van der Waals surface area contributed by atoms with Gasteiger partial charge in [0, 0.05) is 11.3 Å². The SMILES string of the molecule is CC(C)CCOc1ccc(C(=O)NC2CCCc3[nH]c(=O)c(C(N)=O)cc32)cc1. The average Bonchev–Trinajstić information content (AvgIpc) is 2.67. The van der Waals surface area contributed by atoms with Crippen molar-refractivity contribution in [3.8, 4) is 5.75 Å². The molecule has 7 heteroatoms. The number of nitrogens with two attached hydrogens (primary N) is 1. The third-order valence-corrected chi connectivity index (χ3v) is 5.10. The van der Waals surface area contributed by atoms with Crippen molar-refractivity contribution in [3.05, 3.63) is 63.1 Å². The summed E-state index contributed by atoms with van der Waals surface area (Å²) in [5.74, 6) is 0.304. The van der Waals surface area contributed by atoms with Gasteiger partial charge in [-0.2, -0.15) is 0 Å². The molecule has 0 saturated heterocycles. The number of rotatable bonds is 7. The van der Waals surface area contributed by atoms with E-state index in [1.807, 2.05) is 0 Å². The zero-order chi connectivity index (χ0) is 21.0. The summed E-state index contributed by atoms with van der Waals surface area (Å²) in [5.41, 5.74) is 6.72. The number of carbonyl (C=O) groups excluding carboxylic acids is 2. The number of aryl methyl sites for hydroxylation is 1. The van der Waals surface area contributed by atoms with E-state index in [0.717, 1.165) is 36.3 Å². The topological polar surface area (TPSA) is 114 Å². The number of hydrogen-bond donors (Lipinski definition) is 3. The van der Waals surface area contributed by atoms with Crippen LogP contribution in [0.5, 0.6) is 5.75 Å². The fraction of sp³-hybridized carbons (Fsp3) is 0.409. The molecule has 4 N–H and O–H groups in total. The lowest BCUT2D eigenvalue weighted by Gasteiger charge is -2.26. The molecule has 0 radical (unpaired) electrons. The van der Waals surface area contributed by atoms with Crippen molar-refractivity contribution in [1.29, 1.82) is 0 Å². The molecular formula is C22H27N3O4. The van der Waals surface area contributed by atoms with Gasteiger partial charge in [-0.1, -0.05) is 13.8 Å². The quantitative estimate of drug-likeness (QED) is 0.666. The summed E-state index contributed by atoms with van der Waals surface area (Å²) in [6.07, 6.45) is 3.21. The maximum Gasteiger partial charge on any atom is 0.261 e. The van der Waals surface area contributed by atoms with Gasteiger partial charge in [-0.3, -0.25) is 14.4 Å². The molecule has 2 amide bonds. The Morgan fingerprint density at radius 3 is 2.66 bits per heavy atom. The van der Waals surface area contributed by atoms with E-state index in [-0.39, 0.29) is 17.5 Å². The van der Waals surface area contributed by atoms with Crippen molar-refractivity contribution in [1.82, 2.24) is 10.3 Å². The number of primary amides is 1. The molecule has 3 rings (SSSR count). The number of hydrogen-bond acceptors (Lipinski definition) is 4. The Bertz CT molecular complexity index is 948. The van der Waals surface area contributed by atoms with Crippen molar-refractivity contribution in [2.75, 3.05) is 6.61 Å². The minimum absolute atomic E-state index is 0.0900. The first-order chi connectivity index (χ1) is 13.8. The fourth-order valence-electron chi connectivity index (χ4n) is 3.43. The van der Waals surface area contributed by atoms with Crippen molar-refractivity contribution < 1.29 is 14.3 Å². The molecule has 0 spiro atoms. The van der Waals surface area contributed by atoms with E-state index in [9.17, 15) is 14.4 Å². The summed E-state index contributed by atoms with van der Waals surface area (Å²) >= 11 is 0. The standard InChI is InChI=1S/C22H27N3O4/c1-13(2)10-11-29-15-8-6-14(7-9-15)21(27)24-18-4-3-5-19-16(18)12-17(20(23)26)22(28)25-19/h6-9,12-13,18H,3-5,10-11H2,1-2H3,(H2,23,26)(H,24,27)(H,25,28). The summed E-state index contributed by atoms with van der Waals surface area (Å²) in [7, 11) is 0. The van der Waals surface area contributed by atoms with Gasteiger partial charge in [-0.25, -0.2) is 0 Å². The number of benzene rings is 1. The lowest BCUT2D eigenvalue weighted by Crippen LogP contribution is -2.34. The van der Waals surface area contributed by atoms with E-state index < -0.39 is 11.5 Å². The Morgan fingerprint density at radius 2 is 2.00 bits per heavy atom. The number of amides is 2. The molecule has 0 saturated carbocycles. The summed E-state index contributed by atoms with van der Waals surface area (Å²) < 4.78 is 5.69. The minimum Gasteiger partial charge on any atom is -0.494 e. The van der Waals surface area contributed by atoms with Gasteiger partial charge < -0.3 is 20.8 Å².